The highest BCUT2D eigenvalue weighted by molar-refractivity contribution is 5.19. The second-order valence-corrected chi connectivity index (χ2v) is 4.65. The molecule has 3 heteroatoms. The highest BCUT2D eigenvalue weighted by Gasteiger charge is 2.17. The smallest absolute Gasteiger partial charge is 0.123 e. The maximum absolute atomic E-state index is 12.8. The molecule has 2 rings (SSSR count). The van der Waals surface area contributed by atoms with Crippen molar-refractivity contribution < 1.29 is 9.13 Å². The predicted molar refractivity (Wildman–Crippen MR) is 66.4 cm³/mol. The number of benzene rings is 1. The van der Waals surface area contributed by atoms with Gasteiger partial charge in [-0.2, -0.15) is 0 Å². The minimum absolute atomic E-state index is 0.173. The normalized spacial score (nSPS) is 21.6. The molecule has 0 radical (unpaired) electrons. The second-order valence-electron chi connectivity index (χ2n) is 4.65. The third kappa shape index (κ3) is 3.51. The topological polar surface area (TPSA) is 21.3 Å². The van der Waals surface area contributed by atoms with Gasteiger partial charge in [-0.15, -0.1) is 0 Å². The molecule has 1 aliphatic heterocycles. The van der Waals surface area contributed by atoms with Crippen LogP contribution in [0.2, 0.25) is 0 Å². The molecule has 1 N–H and O–H groups in total. The zero-order valence-corrected chi connectivity index (χ0v) is 10.3. The molecule has 0 amide bonds. The molecule has 1 fully saturated rings. The fourth-order valence-corrected chi connectivity index (χ4v) is 2.25. The molecular formula is C14H20FNO. The molecule has 2 unspecified atom stereocenters. The van der Waals surface area contributed by atoms with Crippen molar-refractivity contribution in [1.29, 1.82) is 0 Å². The van der Waals surface area contributed by atoms with Crippen molar-refractivity contribution in [3.05, 3.63) is 35.6 Å². The molecule has 2 nitrogen and oxygen atoms in total. The SMILES string of the molecule is CCC(NCC1CCOC1)c1ccc(F)cc1. The van der Waals surface area contributed by atoms with E-state index in [1.165, 1.54) is 12.1 Å². The van der Waals surface area contributed by atoms with Gasteiger partial charge in [0.2, 0.25) is 0 Å². The van der Waals surface area contributed by atoms with E-state index >= 15 is 0 Å². The Labute approximate surface area is 102 Å². The van der Waals surface area contributed by atoms with Crippen molar-refractivity contribution in [3.63, 3.8) is 0 Å². The fraction of sp³-hybridized carbons (Fsp3) is 0.571. The average Bonchev–Trinajstić information content (AvgIpc) is 2.85. The number of ether oxygens (including phenoxy) is 1. The van der Waals surface area contributed by atoms with E-state index in [4.69, 9.17) is 4.74 Å². The van der Waals surface area contributed by atoms with E-state index in [0.29, 0.717) is 12.0 Å². The maximum Gasteiger partial charge on any atom is 0.123 e. The van der Waals surface area contributed by atoms with Crippen molar-refractivity contribution in [2.45, 2.75) is 25.8 Å². The Bertz CT molecular complexity index is 333. The monoisotopic (exact) mass is 237 g/mol. The van der Waals surface area contributed by atoms with E-state index < -0.39 is 0 Å². The summed E-state index contributed by atoms with van der Waals surface area (Å²) >= 11 is 0. The van der Waals surface area contributed by atoms with Gasteiger partial charge in [-0.1, -0.05) is 19.1 Å². The van der Waals surface area contributed by atoms with Crippen LogP contribution in [-0.2, 0) is 4.74 Å². The van der Waals surface area contributed by atoms with Crippen LogP contribution in [0.1, 0.15) is 31.4 Å². The summed E-state index contributed by atoms with van der Waals surface area (Å²) in [7, 11) is 0. The molecule has 0 spiro atoms. The van der Waals surface area contributed by atoms with E-state index in [-0.39, 0.29) is 5.82 Å². The van der Waals surface area contributed by atoms with Gasteiger partial charge >= 0.3 is 0 Å². The predicted octanol–water partition coefficient (Wildman–Crippen LogP) is 2.90. The van der Waals surface area contributed by atoms with Crippen LogP contribution in [0.3, 0.4) is 0 Å². The Hall–Kier alpha value is -0.930. The van der Waals surface area contributed by atoms with E-state index in [2.05, 4.69) is 12.2 Å². The van der Waals surface area contributed by atoms with Crippen LogP contribution in [0.5, 0.6) is 0 Å². The van der Waals surface area contributed by atoms with Crippen molar-refractivity contribution in [2.75, 3.05) is 19.8 Å². The second kappa shape index (κ2) is 6.12. The summed E-state index contributed by atoms with van der Waals surface area (Å²) in [6.07, 6.45) is 2.16. The highest BCUT2D eigenvalue weighted by atomic mass is 19.1. The van der Waals surface area contributed by atoms with Gasteiger partial charge in [-0.25, -0.2) is 4.39 Å². The van der Waals surface area contributed by atoms with E-state index in [1.807, 2.05) is 12.1 Å². The van der Waals surface area contributed by atoms with Gasteiger partial charge in [0.25, 0.3) is 0 Å². The van der Waals surface area contributed by atoms with Crippen LogP contribution in [-0.4, -0.2) is 19.8 Å². The van der Waals surface area contributed by atoms with E-state index in [9.17, 15) is 4.39 Å². The Balaban J connectivity index is 1.89. The molecule has 0 saturated carbocycles. The van der Waals surface area contributed by atoms with Gasteiger partial charge in [-0.3, -0.25) is 0 Å². The van der Waals surface area contributed by atoms with Gasteiger partial charge in [0.1, 0.15) is 5.82 Å². The standard InChI is InChI=1S/C14H20FNO/c1-2-14(12-3-5-13(15)6-4-12)16-9-11-7-8-17-10-11/h3-6,11,14,16H,2,7-10H2,1H3. The van der Waals surface area contributed by atoms with Crippen LogP contribution >= 0.6 is 0 Å². The van der Waals surface area contributed by atoms with Crippen LogP contribution < -0.4 is 5.32 Å². The van der Waals surface area contributed by atoms with Crippen molar-refractivity contribution >= 4 is 0 Å². The zero-order chi connectivity index (χ0) is 12.1. The molecule has 1 aliphatic rings. The molecule has 1 aromatic carbocycles. The lowest BCUT2D eigenvalue weighted by atomic mass is 10.0. The first kappa shape index (κ1) is 12.5. The molecule has 1 aromatic rings. The molecule has 1 heterocycles. The molecule has 2 atom stereocenters. The Morgan fingerprint density at radius 1 is 1.41 bits per heavy atom. The van der Waals surface area contributed by atoms with E-state index in [0.717, 1.165) is 38.2 Å². The summed E-state index contributed by atoms with van der Waals surface area (Å²) in [5, 5.41) is 3.54. The minimum Gasteiger partial charge on any atom is -0.381 e. The summed E-state index contributed by atoms with van der Waals surface area (Å²) in [6, 6.07) is 7.09. The third-order valence-corrected chi connectivity index (χ3v) is 3.36. The average molecular weight is 237 g/mol. The van der Waals surface area contributed by atoms with Crippen molar-refractivity contribution in [3.8, 4) is 0 Å². The van der Waals surface area contributed by atoms with Gasteiger partial charge in [-0.05, 0) is 36.5 Å². The van der Waals surface area contributed by atoms with Gasteiger partial charge in [0, 0.05) is 19.2 Å². The Morgan fingerprint density at radius 2 is 2.18 bits per heavy atom. The first-order valence-corrected chi connectivity index (χ1v) is 6.36. The fourth-order valence-electron chi connectivity index (χ4n) is 2.25. The third-order valence-electron chi connectivity index (χ3n) is 3.36. The van der Waals surface area contributed by atoms with Crippen LogP contribution in [0.25, 0.3) is 0 Å². The van der Waals surface area contributed by atoms with Crippen LogP contribution in [0.4, 0.5) is 4.39 Å². The highest BCUT2D eigenvalue weighted by Crippen LogP contribution is 2.19. The quantitative estimate of drug-likeness (QED) is 0.850. The molecule has 94 valence electrons. The molecule has 0 aromatic heterocycles. The number of halogens is 1. The molecule has 1 saturated heterocycles. The van der Waals surface area contributed by atoms with Crippen molar-refractivity contribution in [1.82, 2.24) is 5.32 Å². The van der Waals surface area contributed by atoms with Gasteiger partial charge in [0.05, 0.1) is 6.61 Å². The number of hydrogen-bond acceptors (Lipinski definition) is 2. The first-order chi connectivity index (χ1) is 8.29. The maximum atomic E-state index is 12.8. The summed E-state index contributed by atoms with van der Waals surface area (Å²) in [5.41, 5.74) is 1.16. The molecular weight excluding hydrogens is 217 g/mol. The lowest BCUT2D eigenvalue weighted by Gasteiger charge is -2.19. The molecule has 0 bridgehead atoms. The Morgan fingerprint density at radius 3 is 2.76 bits per heavy atom. The van der Waals surface area contributed by atoms with Crippen LogP contribution in [0, 0.1) is 11.7 Å². The number of hydrogen-bond donors (Lipinski definition) is 1. The van der Waals surface area contributed by atoms with Gasteiger partial charge < -0.3 is 10.1 Å². The molecule has 17 heavy (non-hydrogen) atoms. The first-order valence-electron chi connectivity index (χ1n) is 6.36. The lowest BCUT2D eigenvalue weighted by Crippen LogP contribution is -2.27. The largest absolute Gasteiger partial charge is 0.381 e. The number of nitrogens with one attached hydrogen (secondary N) is 1. The molecule has 0 aliphatic carbocycles. The number of rotatable bonds is 5. The summed E-state index contributed by atoms with van der Waals surface area (Å²) in [4.78, 5) is 0. The Kier molecular flexibility index (Phi) is 4.51. The van der Waals surface area contributed by atoms with Crippen molar-refractivity contribution in [2.24, 2.45) is 5.92 Å². The summed E-state index contributed by atoms with van der Waals surface area (Å²) in [6.45, 7) is 4.88. The summed E-state index contributed by atoms with van der Waals surface area (Å²) < 4.78 is 18.2. The lowest BCUT2D eigenvalue weighted by molar-refractivity contribution is 0.184. The zero-order valence-electron chi connectivity index (χ0n) is 10.3. The van der Waals surface area contributed by atoms with Crippen LogP contribution in [0.15, 0.2) is 24.3 Å². The van der Waals surface area contributed by atoms with E-state index in [1.54, 1.807) is 0 Å². The minimum atomic E-state index is -0.173. The van der Waals surface area contributed by atoms with Gasteiger partial charge in [0.15, 0.2) is 0 Å². The summed E-state index contributed by atoms with van der Waals surface area (Å²) in [5.74, 6) is 0.456.